The van der Waals surface area contributed by atoms with Crippen LogP contribution in [0.25, 0.3) is 0 Å². The molecule has 0 saturated heterocycles. The number of carbonyl (C=O) groups is 2. The molecule has 2 amide bonds. The third-order valence-electron chi connectivity index (χ3n) is 4.99. The van der Waals surface area contributed by atoms with Crippen LogP contribution in [-0.4, -0.2) is 24.7 Å². The second-order valence-electron chi connectivity index (χ2n) is 7.60. The fraction of sp³-hybridized carbons (Fsp3) is 0.364. The van der Waals surface area contributed by atoms with Gasteiger partial charge in [0, 0.05) is 12.2 Å². The number of nitrogens with one attached hydrogen (secondary N) is 2. The fourth-order valence-electron chi connectivity index (χ4n) is 3.22. The summed E-state index contributed by atoms with van der Waals surface area (Å²) in [7, 11) is 0. The molecule has 7 heteroatoms. The predicted octanol–water partition coefficient (Wildman–Crippen LogP) is 3.24. The molecule has 2 aromatic rings. The molecule has 0 atom stereocenters. The molecule has 0 spiro atoms. The van der Waals surface area contributed by atoms with Gasteiger partial charge in [-0.05, 0) is 68.7 Å². The summed E-state index contributed by atoms with van der Waals surface area (Å²) in [5, 5.41) is 5.72. The highest BCUT2D eigenvalue weighted by Gasteiger charge is 2.56. The average Bonchev–Trinajstić information content (AvgIpc) is 3.39. The summed E-state index contributed by atoms with van der Waals surface area (Å²) in [6.07, 6.45) is 1.17. The van der Waals surface area contributed by atoms with E-state index in [1.165, 1.54) is 0 Å². The summed E-state index contributed by atoms with van der Waals surface area (Å²) in [6, 6.07) is 12.7. The van der Waals surface area contributed by atoms with Crippen molar-refractivity contribution < 1.29 is 23.8 Å². The Balaban J connectivity index is 1.34. The molecular formula is C22H24N2O5. The highest BCUT2D eigenvalue weighted by atomic mass is 16.7. The topological polar surface area (TPSA) is 85.9 Å². The molecular weight excluding hydrogens is 372 g/mol. The van der Waals surface area contributed by atoms with Gasteiger partial charge in [-0.2, -0.15) is 0 Å². The average molecular weight is 396 g/mol. The van der Waals surface area contributed by atoms with Crippen molar-refractivity contribution in [3.05, 3.63) is 48.0 Å². The van der Waals surface area contributed by atoms with Gasteiger partial charge in [0.15, 0.2) is 11.5 Å². The second kappa shape index (κ2) is 7.66. The summed E-state index contributed by atoms with van der Waals surface area (Å²) < 4.78 is 16.2. The van der Waals surface area contributed by atoms with Gasteiger partial charge in [0.1, 0.15) is 11.2 Å². The monoisotopic (exact) mass is 396 g/mol. The van der Waals surface area contributed by atoms with E-state index in [0.29, 0.717) is 36.6 Å². The fourth-order valence-corrected chi connectivity index (χ4v) is 3.22. The Morgan fingerprint density at radius 1 is 1.03 bits per heavy atom. The van der Waals surface area contributed by atoms with Crippen LogP contribution in [0.1, 0.15) is 32.3 Å². The Morgan fingerprint density at radius 2 is 1.76 bits per heavy atom. The zero-order valence-corrected chi connectivity index (χ0v) is 16.5. The first-order valence-corrected chi connectivity index (χ1v) is 9.71. The molecule has 1 saturated carbocycles. The van der Waals surface area contributed by atoms with E-state index in [1.807, 2.05) is 32.0 Å². The summed E-state index contributed by atoms with van der Waals surface area (Å²) in [5.74, 6) is 1.56. The molecule has 2 N–H and O–H groups in total. The first-order valence-electron chi connectivity index (χ1n) is 9.71. The molecule has 1 aliphatic carbocycles. The van der Waals surface area contributed by atoms with E-state index in [0.717, 1.165) is 11.3 Å². The molecule has 2 aliphatic rings. The minimum absolute atomic E-state index is 0.0821. The quantitative estimate of drug-likeness (QED) is 0.702. The summed E-state index contributed by atoms with van der Waals surface area (Å²) in [6.45, 7) is 4.44. The lowest BCUT2D eigenvalue weighted by Crippen LogP contribution is -2.39. The molecule has 0 bridgehead atoms. The van der Waals surface area contributed by atoms with Crippen molar-refractivity contribution in [3.8, 4) is 17.2 Å². The number of hydrogen-bond acceptors (Lipinski definition) is 5. The number of carbonyl (C=O) groups excluding carboxylic acids is 2. The zero-order chi connectivity index (χ0) is 20.4. The van der Waals surface area contributed by atoms with Crippen LogP contribution in [0.2, 0.25) is 0 Å². The lowest BCUT2D eigenvalue weighted by molar-refractivity contribution is -0.134. The van der Waals surface area contributed by atoms with Crippen molar-refractivity contribution in [1.82, 2.24) is 5.32 Å². The lowest BCUT2D eigenvalue weighted by atomic mass is 10.0. The third-order valence-corrected chi connectivity index (χ3v) is 4.99. The summed E-state index contributed by atoms with van der Waals surface area (Å²) in [4.78, 5) is 25.4. The zero-order valence-electron chi connectivity index (χ0n) is 16.5. The van der Waals surface area contributed by atoms with Gasteiger partial charge in [0.25, 0.3) is 0 Å². The largest absolute Gasteiger partial charge is 0.491 e. The maximum Gasteiger partial charge on any atom is 0.240 e. The van der Waals surface area contributed by atoms with Crippen molar-refractivity contribution in [2.24, 2.45) is 5.41 Å². The van der Waals surface area contributed by atoms with Crippen LogP contribution in [0.4, 0.5) is 5.69 Å². The summed E-state index contributed by atoms with van der Waals surface area (Å²) in [5.41, 5.74) is 0.532. The van der Waals surface area contributed by atoms with Gasteiger partial charge in [-0.15, -0.1) is 0 Å². The lowest BCUT2D eigenvalue weighted by Gasteiger charge is -2.16. The van der Waals surface area contributed by atoms with Gasteiger partial charge in [-0.1, -0.05) is 6.07 Å². The third kappa shape index (κ3) is 4.13. The molecule has 7 nitrogen and oxygen atoms in total. The van der Waals surface area contributed by atoms with E-state index in [2.05, 4.69) is 10.6 Å². The van der Waals surface area contributed by atoms with Gasteiger partial charge in [0.2, 0.25) is 18.6 Å². The first-order chi connectivity index (χ1) is 14.0. The normalized spacial score (nSPS) is 15.7. The maximum absolute atomic E-state index is 12.7. The van der Waals surface area contributed by atoms with E-state index in [9.17, 15) is 9.59 Å². The number of anilines is 1. The van der Waals surface area contributed by atoms with Gasteiger partial charge in [-0.25, -0.2) is 0 Å². The maximum atomic E-state index is 12.7. The van der Waals surface area contributed by atoms with Crippen LogP contribution in [0.15, 0.2) is 42.5 Å². The smallest absolute Gasteiger partial charge is 0.240 e. The van der Waals surface area contributed by atoms with Crippen LogP contribution in [-0.2, 0) is 16.1 Å². The molecule has 4 rings (SSSR count). The highest BCUT2D eigenvalue weighted by Crippen LogP contribution is 2.47. The summed E-state index contributed by atoms with van der Waals surface area (Å²) >= 11 is 0. The van der Waals surface area contributed by atoms with Gasteiger partial charge >= 0.3 is 0 Å². The van der Waals surface area contributed by atoms with Crippen LogP contribution >= 0.6 is 0 Å². The number of benzene rings is 2. The van der Waals surface area contributed by atoms with Gasteiger partial charge in [-0.3, -0.25) is 9.59 Å². The van der Waals surface area contributed by atoms with Gasteiger partial charge in [0.05, 0.1) is 6.10 Å². The number of ether oxygens (including phenoxy) is 3. The van der Waals surface area contributed by atoms with Crippen LogP contribution < -0.4 is 24.8 Å². The van der Waals surface area contributed by atoms with E-state index in [1.54, 1.807) is 24.3 Å². The predicted molar refractivity (Wildman–Crippen MR) is 107 cm³/mol. The minimum atomic E-state index is -0.997. The Bertz CT molecular complexity index is 919. The van der Waals surface area contributed by atoms with Crippen molar-refractivity contribution in [1.29, 1.82) is 0 Å². The second-order valence-corrected chi connectivity index (χ2v) is 7.60. The van der Waals surface area contributed by atoms with Crippen LogP contribution in [0.5, 0.6) is 17.2 Å². The number of amides is 2. The standard InChI is InChI=1S/C22H24N2O5/c1-14(2)29-17-6-4-16(5-7-17)24-21(26)22(9-10-22)20(25)23-12-15-3-8-18-19(11-15)28-13-27-18/h3-8,11,14H,9-10,12-13H2,1-2H3,(H,23,25)(H,24,26). The van der Waals surface area contributed by atoms with E-state index in [-0.39, 0.29) is 24.7 Å². The molecule has 1 aliphatic heterocycles. The Morgan fingerprint density at radius 3 is 2.45 bits per heavy atom. The van der Waals surface area contributed by atoms with Crippen LogP contribution in [0, 0.1) is 5.41 Å². The van der Waals surface area contributed by atoms with Crippen molar-refractivity contribution in [2.45, 2.75) is 39.3 Å². The molecule has 2 aromatic carbocycles. The highest BCUT2D eigenvalue weighted by molar-refractivity contribution is 6.13. The molecule has 29 heavy (non-hydrogen) atoms. The minimum Gasteiger partial charge on any atom is -0.491 e. The molecule has 0 unspecified atom stereocenters. The van der Waals surface area contributed by atoms with Gasteiger partial charge < -0.3 is 24.8 Å². The van der Waals surface area contributed by atoms with E-state index < -0.39 is 5.41 Å². The van der Waals surface area contributed by atoms with Crippen molar-refractivity contribution >= 4 is 17.5 Å². The SMILES string of the molecule is CC(C)Oc1ccc(NC(=O)C2(C(=O)NCc3ccc4c(c3)OCO4)CC2)cc1. The Kier molecular flexibility index (Phi) is 5.05. The molecule has 0 radical (unpaired) electrons. The van der Waals surface area contributed by atoms with Crippen molar-refractivity contribution in [2.75, 3.05) is 12.1 Å². The Hall–Kier alpha value is -3.22. The van der Waals surface area contributed by atoms with E-state index in [4.69, 9.17) is 14.2 Å². The number of rotatable bonds is 7. The Labute approximate surface area is 169 Å². The number of hydrogen-bond donors (Lipinski definition) is 2. The first kappa shape index (κ1) is 19.1. The molecule has 1 fully saturated rings. The van der Waals surface area contributed by atoms with Crippen LogP contribution in [0.3, 0.4) is 0 Å². The van der Waals surface area contributed by atoms with E-state index >= 15 is 0 Å². The molecule has 0 aromatic heterocycles. The molecule has 152 valence electrons. The number of fused-ring (bicyclic) bond motifs is 1. The van der Waals surface area contributed by atoms with Crippen molar-refractivity contribution in [3.63, 3.8) is 0 Å². The molecule has 1 heterocycles.